The maximum absolute atomic E-state index is 12.4. The molecule has 1 aromatic heterocycles. The van der Waals surface area contributed by atoms with Crippen LogP contribution in [0, 0.1) is 5.92 Å². The Morgan fingerprint density at radius 3 is 2.81 bits per heavy atom. The van der Waals surface area contributed by atoms with Crippen LogP contribution in [0.5, 0.6) is 0 Å². The zero-order valence-corrected chi connectivity index (χ0v) is 14.0. The minimum atomic E-state index is -0.922. The van der Waals surface area contributed by atoms with Gasteiger partial charge in [-0.15, -0.1) is 0 Å². The molecule has 2 heterocycles. The van der Waals surface area contributed by atoms with Gasteiger partial charge in [0.15, 0.2) is 0 Å². The Balaban J connectivity index is 1.65. The molecule has 1 fully saturated rings. The van der Waals surface area contributed by atoms with Crippen molar-refractivity contribution in [3.63, 3.8) is 0 Å². The van der Waals surface area contributed by atoms with Crippen molar-refractivity contribution in [3.05, 3.63) is 46.2 Å². The number of nitrogens with zero attached hydrogens (tertiary/aromatic N) is 1. The van der Waals surface area contributed by atoms with E-state index in [-0.39, 0.29) is 24.6 Å². The summed E-state index contributed by atoms with van der Waals surface area (Å²) < 4.78 is 0. The Kier molecular flexibility index (Phi) is 5.01. The van der Waals surface area contributed by atoms with Crippen molar-refractivity contribution in [1.29, 1.82) is 0 Å². The van der Waals surface area contributed by atoms with Crippen LogP contribution in [0.25, 0.3) is 10.9 Å². The third-order valence-corrected chi connectivity index (χ3v) is 4.56. The number of aromatic nitrogens is 1. The van der Waals surface area contributed by atoms with Gasteiger partial charge in [-0.2, -0.15) is 0 Å². The molecule has 1 atom stereocenters. The number of carbonyl (C=O) groups excluding carboxylic acids is 2. The van der Waals surface area contributed by atoms with Gasteiger partial charge in [-0.25, -0.2) is 0 Å². The Bertz CT molecular complexity index is 920. The molecule has 1 saturated heterocycles. The number of aromatic amines is 1. The molecule has 2 amide bonds. The average molecular weight is 357 g/mol. The van der Waals surface area contributed by atoms with E-state index >= 15 is 0 Å². The first-order valence-electron chi connectivity index (χ1n) is 8.36. The summed E-state index contributed by atoms with van der Waals surface area (Å²) in [5, 5.41) is 11.9. The summed E-state index contributed by atoms with van der Waals surface area (Å²) in [4.78, 5) is 52.3. The highest BCUT2D eigenvalue weighted by atomic mass is 16.4. The summed E-state index contributed by atoms with van der Waals surface area (Å²) in [6.07, 6.45) is 2.48. The normalized spacial score (nSPS) is 17.1. The molecule has 0 spiro atoms. The minimum absolute atomic E-state index is 0.0708. The van der Waals surface area contributed by atoms with E-state index in [1.807, 2.05) is 0 Å². The highest BCUT2D eigenvalue weighted by molar-refractivity contribution is 5.98. The first kappa shape index (κ1) is 17.7. The predicted octanol–water partition coefficient (Wildman–Crippen LogP) is 0.581. The van der Waals surface area contributed by atoms with E-state index in [0.29, 0.717) is 30.3 Å². The van der Waals surface area contributed by atoms with Crippen LogP contribution in [0.2, 0.25) is 0 Å². The van der Waals surface area contributed by atoms with E-state index in [1.54, 1.807) is 24.3 Å². The zero-order valence-electron chi connectivity index (χ0n) is 14.0. The monoisotopic (exact) mass is 357 g/mol. The van der Waals surface area contributed by atoms with Crippen LogP contribution in [0.3, 0.4) is 0 Å². The minimum Gasteiger partial charge on any atom is -0.481 e. The molecule has 8 nitrogen and oxygen atoms in total. The second-order valence-electron chi connectivity index (χ2n) is 6.28. The number of hydrogen-bond acceptors (Lipinski definition) is 4. The van der Waals surface area contributed by atoms with E-state index in [1.165, 1.54) is 11.1 Å². The maximum atomic E-state index is 12.4. The van der Waals surface area contributed by atoms with Crippen LogP contribution in [-0.2, 0) is 9.59 Å². The quantitative estimate of drug-likeness (QED) is 0.739. The van der Waals surface area contributed by atoms with E-state index < -0.39 is 23.2 Å². The van der Waals surface area contributed by atoms with Gasteiger partial charge in [-0.05, 0) is 25.0 Å². The fourth-order valence-electron chi connectivity index (χ4n) is 3.10. The predicted molar refractivity (Wildman–Crippen MR) is 93.8 cm³/mol. The Labute approximate surface area is 148 Å². The molecule has 0 radical (unpaired) electrons. The summed E-state index contributed by atoms with van der Waals surface area (Å²) in [6.45, 7) is 0.326. The summed E-state index contributed by atoms with van der Waals surface area (Å²) in [5.41, 5.74) is 0.143. The van der Waals surface area contributed by atoms with Crippen molar-refractivity contribution in [2.75, 3.05) is 19.6 Å². The van der Waals surface area contributed by atoms with Crippen LogP contribution < -0.4 is 10.7 Å². The Morgan fingerprint density at radius 1 is 1.27 bits per heavy atom. The molecule has 1 unspecified atom stereocenters. The number of benzene rings is 1. The lowest BCUT2D eigenvalue weighted by atomic mass is 9.98. The molecule has 1 aliphatic rings. The number of piperidine rings is 1. The molecule has 2 aromatic rings. The number of amides is 2. The SMILES string of the molecule is O=C(NCC(=O)N1CCCC(C(=O)O)C1)c1c[nH]c2ccccc2c1=O. The topological polar surface area (TPSA) is 120 Å². The lowest BCUT2D eigenvalue weighted by molar-refractivity contribution is -0.145. The lowest BCUT2D eigenvalue weighted by Gasteiger charge is -2.30. The fourth-order valence-corrected chi connectivity index (χ4v) is 3.10. The molecular weight excluding hydrogens is 338 g/mol. The van der Waals surface area contributed by atoms with E-state index in [2.05, 4.69) is 10.3 Å². The molecule has 1 aliphatic heterocycles. The number of pyridine rings is 1. The number of para-hydroxylation sites is 1. The smallest absolute Gasteiger partial charge is 0.308 e. The van der Waals surface area contributed by atoms with Crippen LogP contribution in [-0.4, -0.2) is 52.4 Å². The summed E-state index contributed by atoms with van der Waals surface area (Å²) in [7, 11) is 0. The zero-order chi connectivity index (χ0) is 18.7. The van der Waals surface area contributed by atoms with E-state index in [9.17, 15) is 19.2 Å². The third-order valence-electron chi connectivity index (χ3n) is 4.56. The third kappa shape index (κ3) is 3.58. The van der Waals surface area contributed by atoms with Crippen molar-refractivity contribution >= 4 is 28.7 Å². The van der Waals surface area contributed by atoms with Gasteiger partial charge in [-0.1, -0.05) is 12.1 Å². The average Bonchev–Trinajstić information content (AvgIpc) is 2.66. The molecule has 8 heteroatoms. The number of hydrogen-bond donors (Lipinski definition) is 3. The Hall–Kier alpha value is -3.16. The molecule has 3 rings (SSSR count). The highest BCUT2D eigenvalue weighted by Gasteiger charge is 2.28. The van der Waals surface area contributed by atoms with Gasteiger partial charge < -0.3 is 20.3 Å². The maximum Gasteiger partial charge on any atom is 0.308 e. The van der Waals surface area contributed by atoms with Crippen LogP contribution in [0.15, 0.2) is 35.3 Å². The highest BCUT2D eigenvalue weighted by Crippen LogP contribution is 2.16. The number of carboxylic acids is 1. The largest absolute Gasteiger partial charge is 0.481 e. The van der Waals surface area contributed by atoms with Gasteiger partial charge in [0.1, 0.15) is 5.56 Å². The van der Waals surface area contributed by atoms with Crippen molar-refractivity contribution < 1.29 is 19.5 Å². The number of fused-ring (bicyclic) bond motifs is 1. The first-order chi connectivity index (χ1) is 12.5. The van der Waals surface area contributed by atoms with Gasteiger partial charge in [0, 0.05) is 30.2 Å². The summed E-state index contributed by atoms with van der Waals surface area (Å²) in [5.74, 6) is -2.50. The number of likely N-dealkylation sites (tertiary alicyclic amines) is 1. The van der Waals surface area contributed by atoms with Gasteiger partial charge in [0.2, 0.25) is 11.3 Å². The van der Waals surface area contributed by atoms with Crippen LogP contribution in [0.1, 0.15) is 23.2 Å². The molecule has 136 valence electrons. The van der Waals surface area contributed by atoms with Crippen molar-refractivity contribution in [1.82, 2.24) is 15.2 Å². The van der Waals surface area contributed by atoms with Crippen LogP contribution >= 0.6 is 0 Å². The molecule has 0 aliphatic carbocycles. The number of nitrogens with one attached hydrogen (secondary N) is 2. The van der Waals surface area contributed by atoms with Crippen molar-refractivity contribution in [3.8, 4) is 0 Å². The van der Waals surface area contributed by atoms with Crippen molar-refractivity contribution in [2.24, 2.45) is 5.92 Å². The van der Waals surface area contributed by atoms with Crippen molar-refractivity contribution in [2.45, 2.75) is 12.8 Å². The van der Waals surface area contributed by atoms with Crippen LogP contribution in [0.4, 0.5) is 0 Å². The molecule has 3 N–H and O–H groups in total. The number of H-pyrrole nitrogens is 1. The first-order valence-corrected chi connectivity index (χ1v) is 8.36. The van der Waals surface area contributed by atoms with E-state index in [4.69, 9.17) is 5.11 Å². The molecule has 1 aromatic carbocycles. The number of rotatable bonds is 4. The fraction of sp³-hybridized carbons (Fsp3) is 0.333. The van der Waals surface area contributed by atoms with E-state index in [0.717, 1.165) is 0 Å². The second kappa shape index (κ2) is 7.38. The number of carboxylic acid groups (broad SMARTS) is 1. The number of aliphatic carboxylic acids is 1. The summed E-state index contributed by atoms with van der Waals surface area (Å²) in [6, 6.07) is 6.84. The summed E-state index contributed by atoms with van der Waals surface area (Å²) >= 11 is 0. The lowest BCUT2D eigenvalue weighted by Crippen LogP contribution is -2.46. The molecule has 0 saturated carbocycles. The second-order valence-corrected chi connectivity index (χ2v) is 6.28. The molecule has 26 heavy (non-hydrogen) atoms. The van der Waals surface area contributed by atoms with Gasteiger partial charge in [0.25, 0.3) is 5.91 Å². The number of carbonyl (C=O) groups is 3. The standard InChI is InChI=1S/C18H19N3O5/c22-15(21-7-3-4-11(10-21)18(25)26)9-20-17(24)13-8-19-14-6-2-1-5-12(14)16(13)23/h1-2,5-6,8,11H,3-4,7,9-10H2,(H,19,23)(H,20,24)(H,25,26). The van der Waals surface area contributed by atoms with Gasteiger partial charge in [-0.3, -0.25) is 19.2 Å². The molecular formula is C18H19N3O5. The van der Waals surface area contributed by atoms with Gasteiger partial charge in [0.05, 0.1) is 12.5 Å². The Morgan fingerprint density at radius 2 is 2.04 bits per heavy atom. The molecule has 0 bridgehead atoms. The van der Waals surface area contributed by atoms with Gasteiger partial charge >= 0.3 is 5.97 Å².